The summed E-state index contributed by atoms with van der Waals surface area (Å²) < 4.78 is 26.8. The first kappa shape index (κ1) is 19.9. The Hall–Kier alpha value is -2.41. The van der Waals surface area contributed by atoms with E-state index in [-0.39, 0.29) is 18.2 Å². The van der Waals surface area contributed by atoms with E-state index in [0.29, 0.717) is 31.1 Å². The second kappa shape index (κ2) is 9.91. The van der Waals surface area contributed by atoms with Crippen LogP contribution in [0.3, 0.4) is 0 Å². The monoisotopic (exact) mass is 363 g/mol. The van der Waals surface area contributed by atoms with Crippen LogP contribution in [0.1, 0.15) is 41.5 Å². The first-order valence-electron chi connectivity index (χ1n) is 8.79. The number of ether oxygens (including phenoxy) is 2. The van der Waals surface area contributed by atoms with Crippen molar-refractivity contribution in [2.45, 2.75) is 33.2 Å². The summed E-state index contributed by atoms with van der Waals surface area (Å²) in [6.07, 6.45) is 1.66. The van der Waals surface area contributed by atoms with Crippen molar-refractivity contribution in [3.05, 3.63) is 47.0 Å². The Labute approximate surface area is 153 Å². The number of aromatic nitrogens is 2. The summed E-state index contributed by atoms with van der Waals surface area (Å²) in [5.41, 5.74) is 1.57. The van der Waals surface area contributed by atoms with Gasteiger partial charge < -0.3 is 14.8 Å². The number of nitrogens with one attached hydrogen (secondary N) is 1. The third-order valence-corrected chi connectivity index (χ3v) is 3.86. The summed E-state index contributed by atoms with van der Waals surface area (Å²) in [4.78, 5) is 12.2. The third-order valence-electron chi connectivity index (χ3n) is 3.86. The molecular weight excluding hydrogens is 337 g/mol. The van der Waals surface area contributed by atoms with E-state index in [1.54, 1.807) is 31.3 Å². The first-order chi connectivity index (χ1) is 12.5. The molecule has 0 bridgehead atoms. The summed E-state index contributed by atoms with van der Waals surface area (Å²) in [6, 6.07) is 6.63. The molecule has 1 heterocycles. The molecule has 0 unspecified atom stereocenters. The minimum Gasteiger partial charge on any atom is -0.491 e. The van der Waals surface area contributed by atoms with E-state index < -0.39 is 5.82 Å². The lowest BCUT2D eigenvalue weighted by molar-refractivity contribution is 0.0941. The van der Waals surface area contributed by atoms with Gasteiger partial charge in [-0.2, -0.15) is 5.10 Å². The minimum atomic E-state index is -0.446. The summed E-state index contributed by atoms with van der Waals surface area (Å²) in [7, 11) is 1.70. The Morgan fingerprint density at radius 1 is 1.31 bits per heavy atom. The van der Waals surface area contributed by atoms with Gasteiger partial charge in [0.05, 0.1) is 12.3 Å². The lowest BCUT2D eigenvalue weighted by atomic mass is 10.2. The van der Waals surface area contributed by atoms with Crippen molar-refractivity contribution in [1.29, 1.82) is 0 Å². The number of carbonyl (C=O) groups is 1. The summed E-state index contributed by atoms with van der Waals surface area (Å²) in [5.74, 6) is -0.543. The van der Waals surface area contributed by atoms with Gasteiger partial charge in [-0.15, -0.1) is 0 Å². The molecule has 0 saturated heterocycles. The number of benzene rings is 1. The van der Waals surface area contributed by atoms with Crippen molar-refractivity contribution in [3.63, 3.8) is 0 Å². The average Bonchev–Trinajstić information content (AvgIpc) is 2.96. The van der Waals surface area contributed by atoms with E-state index in [1.807, 2.05) is 13.8 Å². The Morgan fingerprint density at radius 3 is 2.77 bits per heavy atom. The molecular formula is C19H26FN3O3. The molecule has 7 heteroatoms. The highest BCUT2D eigenvalue weighted by Gasteiger charge is 2.14. The van der Waals surface area contributed by atoms with Gasteiger partial charge in [-0.05, 0) is 38.8 Å². The maximum Gasteiger partial charge on any atom is 0.269 e. The molecule has 1 N–H and O–H groups in total. The van der Waals surface area contributed by atoms with E-state index in [1.165, 1.54) is 4.68 Å². The largest absolute Gasteiger partial charge is 0.491 e. The van der Waals surface area contributed by atoms with Gasteiger partial charge in [-0.25, -0.2) is 4.39 Å². The average molecular weight is 363 g/mol. The van der Waals surface area contributed by atoms with Crippen LogP contribution in [0, 0.1) is 12.7 Å². The lowest BCUT2D eigenvalue weighted by Crippen LogP contribution is -2.25. The number of hydrogen-bond acceptors (Lipinski definition) is 4. The molecule has 1 aromatic carbocycles. The van der Waals surface area contributed by atoms with E-state index in [4.69, 9.17) is 9.47 Å². The zero-order chi connectivity index (χ0) is 18.9. The molecule has 0 aliphatic rings. The van der Waals surface area contributed by atoms with Crippen LogP contribution in [0.2, 0.25) is 0 Å². The smallest absolute Gasteiger partial charge is 0.269 e. The van der Waals surface area contributed by atoms with Crippen molar-refractivity contribution in [2.75, 3.05) is 19.8 Å². The molecule has 0 radical (unpaired) electrons. The van der Waals surface area contributed by atoms with Gasteiger partial charge in [0.15, 0.2) is 11.6 Å². The molecule has 0 fully saturated rings. The number of amides is 1. The number of unbranched alkanes of at least 4 members (excludes halogenated alkanes) is 1. The van der Waals surface area contributed by atoms with Crippen LogP contribution in [-0.4, -0.2) is 35.5 Å². The minimum absolute atomic E-state index is 0.0798. The number of halogens is 1. The topological polar surface area (TPSA) is 65.4 Å². The fourth-order valence-corrected chi connectivity index (χ4v) is 2.53. The molecule has 0 saturated carbocycles. The maximum atomic E-state index is 14.5. The molecule has 26 heavy (non-hydrogen) atoms. The fourth-order valence-electron chi connectivity index (χ4n) is 2.53. The lowest BCUT2D eigenvalue weighted by Gasteiger charge is -2.11. The van der Waals surface area contributed by atoms with E-state index in [2.05, 4.69) is 10.4 Å². The molecule has 0 aliphatic carbocycles. The van der Waals surface area contributed by atoms with Gasteiger partial charge in [-0.3, -0.25) is 9.48 Å². The second-order valence-corrected chi connectivity index (χ2v) is 5.96. The Kier molecular flexibility index (Phi) is 7.59. The second-order valence-electron chi connectivity index (χ2n) is 5.96. The highest BCUT2D eigenvalue weighted by atomic mass is 19.1. The molecule has 1 amide bonds. The Balaban J connectivity index is 1.88. The van der Waals surface area contributed by atoms with Crippen LogP contribution in [0.4, 0.5) is 4.39 Å². The van der Waals surface area contributed by atoms with Gasteiger partial charge in [0.2, 0.25) is 0 Å². The van der Waals surface area contributed by atoms with Gasteiger partial charge in [0.1, 0.15) is 5.69 Å². The molecule has 142 valence electrons. The summed E-state index contributed by atoms with van der Waals surface area (Å²) in [6.45, 7) is 5.64. The standard InChI is InChI=1S/C19H26FN3O3/c1-4-25-10-5-6-11-26-17-9-7-8-15(18(17)20)13-21-19(24)16-12-14(2)22-23(16)3/h7-9,12H,4-6,10-11,13H2,1-3H3,(H,21,24). The Bertz CT molecular complexity index is 731. The van der Waals surface area contributed by atoms with Crippen molar-refractivity contribution >= 4 is 5.91 Å². The van der Waals surface area contributed by atoms with Crippen LogP contribution in [0.5, 0.6) is 5.75 Å². The van der Waals surface area contributed by atoms with Gasteiger partial charge in [0, 0.05) is 32.4 Å². The number of nitrogens with zero attached hydrogens (tertiary/aromatic N) is 2. The molecule has 6 nitrogen and oxygen atoms in total. The van der Waals surface area contributed by atoms with Crippen LogP contribution < -0.4 is 10.1 Å². The normalized spacial score (nSPS) is 10.8. The van der Waals surface area contributed by atoms with Gasteiger partial charge >= 0.3 is 0 Å². The molecule has 2 aromatic rings. The molecule has 0 spiro atoms. The molecule has 0 aliphatic heterocycles. The van der Waals surface area contributed by atoms with E-state index >= 15 is 0 Å². The number of aryl methyl sites for hydroxylation is 2. The van der Waals surface area contributed by atoms with Crippen molar-refractivity contribution in [3.8, 4) is 5.75 Å². The summed E-state index contributed by atoms with van der Waals surface area (Å²) in [5, 5.41) is 6.85. The van der Waals surface area contributed by atoms with Gasteiger partial charge in [-0.1, -0.05) is 12.1 Å². The summed E-state index contributed by atoms with van der Waals surface area (Å²) >= 11 is 0. The highest BCUT2D eigenvalue weighted by Crippen LogP contribution is 2.21. The fraction of sp³-hybridized carbons (Fsp3) is 0.474. The van der Waals surface area contributed by atoms with Gasteiger partial charge in [0.25, 0.3) is 5.91 Å². The number of rotatable bonds is 10. The third kappa shape index (κ3) is 5.56. The Morgan fingerprint density at radius 2 is 2.08 bits per heavy atom. The van der Waals surface area contributed by atoms with Crippen molar-refractivity contribution in [2.24, 2.45) is 7.05 Å². The zero-order valence-corrected chi connectivity index (χ0v) is 15.5. The van der Waals surface area contributed by atoms with Crippen LogP contribution in [-0.2, 0) is 18.3 Å². The molecule has 1 aromatic heterocycles. The molecule has 2 rings (SSSR count). The quantitative estimate of drug-likeness (QED) is 0.659. The number of hydrogen-bond donors (Lipinski definition) is 1. The van der Waals surface area contributed by atoms with Crippen LogP contribution in [0.15, 0.2) is 24.3 Å². The maximum absolute atomic E-state index is 14.5. The predicted octanol–water partition coefficient (Wildman–Crippen LogP) is 2.99. The zero-order valence-electron chi connectivity index (χ0n) is 15.5. The predicted molar refractivity (Wildman–Crippen MR) is 96.7 cm³/mol. The first-order valence-corrected chi connectivity index (χ1v) is 8.79. The SMILES string of the molecule is CCOCCCCOc1cccc(CNC(=O)c2cc(C)nn2C)c1F. The van der Waals surface area contributed by atoms with Crippen LogP contribution >= 0.6 is 0 Å². The van der Waals surface area contributed by atoms with E-state index in [0.717, 1.165) is 18.5 Å². The molecule has 0 atom stereocenters. The highest BCUT2D eigenvalue weighted by molar-refractivity contribution is 5.92. The van der Waals surface area contributed by atoms with Crippen LogP contribution in [0.25, 0.3) is 0 Å². The van der Waals surface area contributed by atoms with Crippen molar-refractivity contribution in [1.82, 2.24) is 15.1 Å². The number of carbonyl (C=O) groups excluding carboxylic acids is 1. The van der Waals surface area contributed by atoms with E-state index in [9.17, 15) is 9.18 Å². The van der Waals surface area contributed by atoms with Crippen molar-refractivity contribution < 1.29 is 18.7 Å².